The second-order valence-corrected chi connectivity index (χ2v) is 5.44. The fraction of sp³-hybridized carbons (Fsp3) is 1.00. The fourth-order valence-electron chi connectivity index (χ4n) is 0.673. The van der Waals surface area contributed by atoms with Crippen LogP contribution >= 0.6 is 11.6 Å². The minimum absolute atomic E-state index is 0.328. The summed E-state index contributed by atoms with van der Waals surface area (Å²) < 4.78 is 46.0. The van der Waals surface area contributed by atoms with Gasteiger partial charge in [-0.2, -0.15) is 8.78 Å². The lowest BCUT2D eigenvalue weighted by Gasteiger charge is -2.19. The number of nitrogens with two attached hydrogens (primary N) is 1. The molecule has 0 amide bonds. The zero-order valence-corrected chi connectivity index (χ0v) is 8.50. The van der Waals surface area contributed by atoms with E-state index < -0.39 is 21.3 Å². The maximum absolute atomic E-state index is 12.4. The van der Waals surface area contributed by atoms with Crippen molar-refractivity contribution in [1.29, 1.82) is 0 Å². The van der Waals surface area contributed by atoms with E-state index in [4.69, 9.17) is 5.84 Å². The van der Waals surface area contributed by atoms with Crippen LogP contribution < -0.4 is 11.3 Å². The van der Waals surface area contributed by atoms with E-state index in [9.17, 15) is 17.2 Å². The van der Waals surface area contributed by atoms with Gasteiger partial charge in [0.05, 0.1) is 5.75 Å². The van der Waals surface area contributed by atoms with Crippen LogP contribution in [0, 0.1) is 0 Å². The Morgan fingerprint density at radius 3 is 2.31 bits per heavy atom. The van der Waals surface area contributed by atoms with E-state index in [-0.39, 0.29) is 12.2 Å². The third-order valence-electron chi connectivity index (χ3n) is 1.37. The highest BCUT2D eigenvalue weighted by Gasteiger charge is 2.36. The number of hydrogen-bond acceptors (Lipinski definition) is 4. The summed E-state index contributed by atoms with van der Waals surface area (Å²) in [6, 6.07) is -1.54. The van der Waals surface area contributed by atoms with Crippen LogP contribution in [0.4, 0.5) is 8.78 Å². The maximum Gasteiger partial charge on any atom is 0.338 e. The lowest BCUT2D eigenvalue weighted by molar-refractivity contribution is 0.0490. The number of rotatable bonds is 5. The van der Waals surface area contributed by atoms with Gasteiger partial charge in [0.1, 0.15) is 15.9 Å². The highest BCUT2D eigenvalue weighted by molar-refractivity contribution is 7.90. The first-order valence-electron chi connectivity index (χ1n) is 3.37. The lowest BCUT2D eigenvalue weighted by Crippen LogP contribution is -2.46. The van der Waals surface area contributed by atoms with Gasteiger partial charge in [-0.1, -0.05) is 0 Å². The summed E-state index contributed by atoms with van der Waals surface area (Å²) in [4.78, 5) is 0. The molecule has 3 N–H and O–H groups in total. The Labute approximate surface area is 80.3 Å². The van der Waals surface area contributed by atoms with Crippen LogP contribution in [0.3, 0.4) is 0 Å². The normalized spacial score (nSPS) is 15.8. The van der Waals surface area contributed by atoms with Gasteiger partial charge in [-0.25, -0.2) is 13.8 Å². The Balaban J connectivity index is 4.17. The van der Waals surface area contributed by atoms with Crippen LogP contribution in [0.1, 0.15) is 6.42 Å². The first-order valence-corrected chi connectivity index (χ1v) is 5.81. The average Bonchev–Trinajstić information content (AvgIpc) is 1.82. The van der Waals surface area contributed by atoms with Gasteiger partial charge in [0.2, 0.25) is 0 Å². The predicted octanol–water partition coefficient (Wildman–Crippen LogP) is 0.0846. The standard InChI is InChI=1S/C5H11ClF2N2O2S/c1-13(11,12)3-2-4(10-9)5(6,7)8/h4,10H,2-3,9H2,1H3. The van der Waals surface area contributed by atoms with Crippen molar-refractivity contribution in [2.75, 3.05) is 12.0 Å². The van der Waals surface area contributed by atoms with Gasteiger partial charge in [0, 0.05) is 6.26 Å². The van der Waals surface area contributed by atoms with E-state index in [1.807, 2.05) is 0 Å². The average molecular weight is 237 g/mol. The Hall–Kier alpha value is 0.0200. The third kappa shape index (κ3) is 6.14. The van der Waals surface area contributed by atoms with Gasteiger partial charge in [-0.3, -0.25) is 5.84 Å². The molecule has 0 bridgehead atoms. The topological polar surface area (TPSA) is 72.2 Å². The van der Waals surface area contributed by atoms with Crippen LogP contribution in [0.25, 0.3) is 0 Å². The molecule has 1 atom stereocenters. The molecule has 0 aromatic carbocycles. The first-order chi connectivity index (χ1) is 5.67. The summed E-state index contributed by atoms with van der Waals surface area (Å²) in [7, 11) is -3.28. The molecule has 80 valence electrons. The van der Waals surface area contributed by atoms with E-state index in [0.29, 0.717) is 0 Å². The summed E-state index contributed by atoms with van der Waals surface area (Å²) in [6.45, 7) is 0. The molecule has 0 aromatic heterocycles. The minimum Gasteiger partial charge on any atom is -0.271 e. The molecule has 0 saturated carbocycles. The minimum atomic E-state index is -3.54. The Bertz CT molecular complexity index is 252. The van der Waals surface area contributed by atoms with Gasteiger partial charge in [0.25, 0.3) is 0 Å². The molecule has 0 aliphatic rings. The summed E-state index contributed by atoms with van der Waals surface area (Å²) in [5.74, 6) is 4.39. The van der Waals surface area contributed by atoms with Gasteiger partial charge >= 0.3 is 5.38 Å². The number of halogens is 3. The molecule has 0 saturated heterocycles. The zero-order valence-electron chi connectivity index (χ0n) is 6.93. The van der Waals surface area contributed by atoms with Crippen LogP contribution in [0.15, 0.2) is 0 Å². The van der Waals surface area contributed by atoms with E-state index in [1.165, 1.54) is 0 Å². The molecule has 0 aromatic rings. The lowest BCUT2D eigenvalue weighted by atomic mass is 10.2. The largest absolute Gasteiger partial charge is 0.338 e. The SMILES string of the molecule is CS(=O)(=O)CCC(NN)C(F)(F)Cl. The first kappa shape index (κ1) is 13.0. The molecular weight excluding hydrogens is 226 g/mol. The Morgan fingerprint density at radius 1 is 1.62 bits per heavy atom. The smallest absolute Gasteiger partial charge is 0.271 e. The Morgan fingerprint density at radius 2 is 2.08 bits per heavy atom. The molecule has 8 heteroatoms. The Kier molecular flexibility index (Phi) is 4.50. The van der Waals surface area contributed by atoms with Crippen LogP contribution in [-0.4, -0.2) is 31.8 Å². The van der Waals surface area contributed by atoms with Crippen molar-refractivity contribution >= 4 is 21.4 Å². The molecule has 13 heavy (non-hydrogen) atoms. The number of alkyl halides is 3. The van der Waals surface area contributed by atoms with Crippen LogP contribution in [0.2, 0.25) is 0 Å². The van der Waals surface area contributed by atoms with Crippen LogP contribution in [-0.2, 0) is 9.84 Å². The van der Waals surface area contributed by atoms with Crippen molar-refractivity contribution in [3.05, 3.63) is 0 Å². The van der Waals surface area contributed by atoms with Crippen molar-refractivity contribution in [3.63, 3.8) is 0 Å². The highest BCUT2D eigenvalue weighted by Crippen LogP contribution is 2.25. The summed E-state index contributed by atoms with van der Waals surface area (Å²) in [5, 5.41) is -3.54. The quantitative estimate of drug-likeness (QED) is 0.403. The molecule has 1 unspecified atom stereocenters. The summed E-state index contributed by atoms with van der Waals surface area (Å²) in [5.41, 5.74) is 1.77. The van der Waals surface area contributed by atoms with Crippen molar-refractivity contribution in [3.8, 4) is 0 Å². The monoisotopic (exact) mass is 236 g/mol. The number of hydrazine groups is 1. The molecule has 4 nitrogen and oxygen atoms in total. The van der Waals surface area contributed by atoms with E-state index >= 15 is 0 Å². The van der Waals surface area contributed by atoms with E-state index in [2.05, 4.69) is 11.6 Å². The van der Waals surface area contributed by atoms with E-state index in [0.717, 1.165) is 6.26 Å². The van der Waals surface area contributed by atoms with Gasteiger partial charge in [-0.05, 0) is 18.0 Å². The summed E-state index contributed by atoms with van der Waals surface area (Å²) >= 11 is 4.66. The molecule has 0 aliphatic carbocycles. The molecule has 0 rings (SSSR count). The van der Waals surface area contributed by atoms with Crippen molar-refractivity contribution in [2.45, 2.75) is 17.8 Å². The van der Waals surface area contributed by atoms with Crippen molar-refractivity contribution < 1.29 is 17.2 Å². The van der Waals surface area contributed by atoms with Gasteiger partial charge in [0.15, 0.2) is 0 Å². The van der Waals surface area contributed by atoms with Gasteiger partial charge in [-0.15, -0.1) is 0 Å². The maximum atomic E-state index is 12.4. The third-order valence-corrected chi connectivity index (χ3v) is 2.61. The predicted molar refractivity (Wildman–Crippen MR) is 46.2 cm³/mol. The van der Waals surface area contributed by atoms with Crippen LogP contribution in [0.5, 0.6) is 0 Å². The van der Waals surface area contributed by atoms with E-state index in [1.54, 1.807) is 5.43 Å². The fourth-order valence-corrected chi connectivity index (χ4v) is 1.51. The number of nitrogens with one attached hydrogen (secondary N) is 1. The highest BCUT2D eigenvalue weighted by atomic mass is 35.5. The van der Waals surface area contributed by atoms with Crippen molar-refractivity contribution in [1.82, 2.24) is 5.43 Å². The molecule has 0 fully saturated rings. The molecule has 0 radical (unpaired) electrons. The second kappa shape index (κ2) is 4.50. The zero-order chi connectivity index (χ0) is 10.7. The molecule has 0 spiro atoms. The van der Waals surface area contributed by atoms with Gasteiger partial charge < -0.3 is 0 Å². The second-order valence-electron chi connectivity index (χ2n) is 2.68. The number of sulfone groups is 1. The van der Waals surface area contributed by atoms with Crippen molar-refractivity contribution in [2.24, 2.45) is 5.84 Å². The molecular formula is C5H11ClF2N2O2S. The number of hydrogen-bond donors (Lipinski definition) is 2. The molecule has 0 heterocycles. The summed E-state index contributed by atoms with van der Waals surface area (Å²) in [6.07, 6.45) is 0.624. The molecule has 0 aliphatic heterocycles.